The van der Waals surface area contributed by atoms with Gasteiger partial charge in [-0.1, -0.05) is 0 Å². The fourth-order valence-electron chi connectivity index (χ4n) is 2.16. The van der Waals surface area contributed by atoms with Gasteiger partial charge in [0, 0.05) is 39.8 Å². The smallest absolute Gasteiger partial charge is 0.272 e. The monoisotopic (exact) mass is 261 g/mol. The van der Waals surface area contributed by atoms with E-state index in [1.165, 1.54) is 6.92 Å². The van der Waals surface area contributed by atoms with Crippen molar-refractivity contribution in [2.24, 2.45) is 0 Å². The van der Waals surface area contributed by atoms with E-state index >= 15 is 0 Å². The fourth-order valence-corrected chi connectivity index (χ4v) is 2.16. The summed E-state index contributed by atoms with van der Waals surface area (Å²) in [7, 11) is 1.74. The molecule has 0 unspecified atom stereocenters. The summed E-state index contributed by atoms with van der Waals surface area (Å²) in [5.41, 5.74) is 1.39. The highest BCUT2D eigenvalue weighted by Gasteiger charge is 2.20. The van der Waals surface area contributed by atoms with Gasteiger partial charge in [-0.3, -0.25) is 14.6 Å². The van der Waals surface area contributed by atoms with E-state index in [0.29, 0.717) is 12.2 Å². The summed E-state index contributed by atoms with van der Waals surface area (Å²) in [6.07, 6.45) is 3.77. The van der Waals surface area contributed by atoms with Crippen molar-refractivity contribution in [1.82, 2.24) is 14.8 Å². The highest BCUT2D eigenvalue weighted by Crippen LogP contribution is 2.13. The van der Waals surface area contributed by atoms with Crippen LogP contribution in [0.4, 0.5) is 0 Å². The Balaban J connectivity index is 2.10. The molecule has 5 heteroatoms. The van der Waals surface area contributed by atoms with Crippen LogP contribution in [0.1, 0.15) is 35.8 Å². The molecule has 0 bridgehead atoms. The molecule has 2 heterocycles. The maximum atomic E-state index is 12.2. The Kier molecular flexibility index (Phi) is 4.14. The lowest BCUT2D eigenvalue weighted by molar-refractivity contribution is -0.128. The van der Waals surface area contributed by atoms with Crippen LogP contribution in [-0.2, 0) is 11.3 Å². The third-order valence-electron chi connectivity index (χ3n) is 3.39. The van der Waals surface area contributed by atoms with Crippen LogP contribution in [-0.4, -0.2) is 46.7 Å². The van der Waals surface area contributed by atoms with Crippen LogP contribution >= 0.6 is 0 Å². The molecule has 1 aliphatic rings. The van der Waals surface area contributed by atoms with Crippen LogP contribution in [0.3, 0.4) is 0 Å². The molecule has 0 N–H and O–H groups in total. The molecule has 1 aromatic heterocycles. The summed E-state index contributed by atoms with van der Waals surface area (Å²) in [6.45, 7) is 3.66. The second-order valence-corrected chi connectivity index (χ2v) is 4.92. The Morgan fingerprint density at radius 2 is 2.05 bits per heavy atom. The van der Waals surface area contributed by atoms with Crippen molar-refractivity contribution in [3.05, 3.63) is 29.6 Å². The molecule has 2 amide bonds. The van der Waals surface area contributed by atoms with Gasteiger partial charge in [0.2, 0.25) is 5.91 Å². The van der Waals surface area contributed by atoms with Gasteiger partial charge in [0.25, 0.3) is 5.91 Å². The SMILES string of the molecule is CC(=O)N(C)Cc1ccnc(C(=O)N2CCCC2)c1. The number of carbonyl (C=O) groups excluding carboxylic acids is 2. The molecule has 1 fully saturated rings. The van der Waals surface area contributed by atoms with E-state index in [0.717, 1.165) is 31.5 Å². The molecule has 1 aliphatic heterocycles. The van der Waals surface area contributed by atoms with Crippen LogP contribution in [0.2, 0.25) is 0 Å². The molecule has 19 heavy (non-hydrogen) atoms. The maximum Gasteiger partial charge on any atom is 0.272 e. The van der Waals surface area contributed by atoms with E-state index in [1.54, 1.807) is 24.2 Å². The van der Waals surface area contributed by atoms with Crippen molar-refractivity contribution in [3.8, 4) is 0 Å². The van der Waals surface area contributed by atoms with Gasteiger partial charge in [-0.15, -0.1) is 0 Å². The van der Waals surface area contributed by atoms with Gasteiger partial charge in [-0.05, 0) is 30.5 Å². The van der Waals surface area contributed by atoms with Crippen molar-refractivity contribution < 1.29 is 9.59 Å². The number of hydrogen-bond acceptors (Lipinski definition) is 3. The first kappa shape index (κ1) is 13.5. The zero-order valence-electron chi connectivity index (χ0n) is 11.4. The molecule has 0 radical (unpaired) electrons. The topological polar surface area (TPSA) is 53.5 Å². The summed E-state index contributed by atoms with van der Waals surface area (Å²) in [4.78, 5) is 31.0. The van der Waals surface area contributed by atoms with Gasteiger partial charge in [-0.25, -0.2) is 0 Å². The number of nitrogens with zero attached hydrogens (tertiary/aromatic N) is 3. The third kappa shape index (κ3) is 3.30. The maximum absolute atomic E-state index is 12.2. The predicted molar refractivity (Wildman–Crippen MR) is 71.5 cm³/mol. The highest BCUT2D eigenvalue weighted by molar-refractivity contribution is 5.92. The molecule has 0 aromatic carbocycles. The van der Waals surface area contributed by atoms with Gasteiger partial charge >= 0.3 is 0 Å². The normalized spacial score (nSPS) is 14.5. The number of likely N-dealkylation sites (tertiary alicyclic amines) is 1. The molecule has 1 saturated heterocycles. The summed E-state index contributed by atoms with van der Waals surface area (Å²) >= 11 is 0. The minimum absolute atomic E-state index is 0.00392. The van der Waals surface area contributed by atoms with Gasteiger partial charge in [0.1, 0.15) is 5.69 Å². The number of amides is 2. The molecule has 0 spiro atoms. The van der Waals surface area contributed by atoms with Gasteiger partial charge in [-0.2, -0.15) is 0 Å². The van der Waals surface area contributed by atoms with Crippen LogP contribution in [0, 0.1) is 0 Å². The zero-order chi connectivity index (χ0) is 13.8. The molecule has 0 saturated carbocycles. The Bertz CT molecular complexity index is 481. The predicted octanol–water partition coefficient (Wildman–Crippen LogP) is 1.30. The number of pyridine rings is 1. The van der Waals surface area contributed by atoms with E-state index in [9.17, 15) is 9.59 Å². The Morgan fingerprint density at radius 1 is 1.37 bits per heavy atom. The molecule has 5 nitrogen and oxygen atoms in total. The minimum Gasteiger partial charge on any atom is -0.342 e. The van der Waals surface area contributed by atoms with Crippen molar-refractivity contribution in [1.29, 1.82) is 0 Å². The van der Waals surface area contributed by atoms with Gasteiger partial charge in [0.15, 0.2) is 0 Å². The quantitative estimate of drug-likeness (QED) is 0.824. The summed E-state index contributed by atoms with van der Waals surface area (Å²) in [5.74, 6) is -0.00550. The molecular formula is C14H19N3O2. The lowest BCUT2D eigenvalue weighted by atomic mass is 10.2. The molecule has 102 valence electrons. The Labute approximate surface area is 113 Å². The third-order valence-corrected chi connectivity index (χ3v) is 3.39. The fraction of sp³-hybridized carbons (Fsp3) is 0.500. The molecule has 1 aromatic rings. The molecular weight excluding hydrogens is 242 g/mol. The van der Waals surface area contributed by atoms with E-state index < -0.39 is 0 Å². The molecule has 0 aliphatic carbocycles. The number of carbonyl (C=O) groups is 2. The van der Waals surface area contributed by atoms with Crippen molar-refractivity contribution in [2.45, 2.75) is 26.3 Å². The van der Waals surface area contributed by atoms with Gasteiger partial charge in [0.05, 0.1) is 0 Å². The Hall–Kier alpha value is -1.91. The van der Waals surface area contributed by atoms with Gasteiger partial charge < -0.3 is 9.80 Å². The van der Waals surface area contributed by atoms with Crippen molar-refractivity contribution in [3.63, 3.8) is 0 Å². The summed E-state index contributed by atoms with van der Waals surface area (Å²) < 4.78 is 0. The minimum atomic E-state index is -0.00942. The van der Waals surface area contributed by atoms with Crippen LogP contribution < -0.4 is 0 Å². The van der Waals surface area contributed by atoms with Crippen molar-refractivity contribution >= 4 is 11.8 Å². The van der Waals surface area contributed by atoms with Crippen LogP contribution in [0.25, 0.3) is 0 Å². The van der Waals surface area contributed by atoms with E-state index in [-0.39, 0.29) is 11.8 Å². The van der Waals surface area contributed by atoms with E-state index in [1.807, 2.05) is 11.0 Å². The number of rotatable bonds is 3. The largest absolute Gasteiger partial charge is 0.342 e. The van der Waals surface area contributed by atoms with E-state index in [4.69, 9.17) is 0 Å². The molecule has 0 atom stereocenters. The summed E-state index contributed by atoms with van der Waals surface area (Å²) in [5, 5.41) is 0. The van der Waals surface area contributed by atoms with E-state index in [2.05, 4.69) is 4.98 Å². The summed E-state index contributed by atoms with van der Waals surface area (Å²) in [6, 6.07) is 3.61. The van der Waals surface area contributed by atoms with Crippen LogP contribution in [0.5, 0.6) is 0 Å². The average Bonchev–Trinajstić information content (AvgIpc) is 2.92. The second kappa shape index (κ2) is 5.82. The first-order valence-electron chi connectivity index (χ1n) is 6.54. The second-order valence-electron chi connectivity index (χ2n) is 4.92. The highest BCUT2D eigenvalue weighted by atomic mass is 16.2. The van der Waals surface area contributed by atoms with Crippen molar-refractivity contribution in [2.75, 3.05) is 20.1 Å². The number of aromatic nitrogens is 1. The zero-order valence-corrected chi connectivity index (χ0v) is 11.4. The first-order chi connectivity index (χ1) is 9.08. The lowest BCUT2D eigenvalue weighted by Gasteiger charge is -2.17. The Morgan fingerprint density at radius 3 is 2.68 bits per heavy atom. The number of hydrogen-bond donors (Lipinski definition) is 0. The first-order valence-corrected chi connectivity index (χ1v) is 6.54. The lowest BCUT2D eigenvalue weighted by Crippen LogP contribution is -2.28. The standard InChI is InChI=1S/C14H19N3O2/c1-11(18)16(2)10-12-5-6-15-13(9-12)14(19)17-7-3-4-8-17/h5-6,9H,3-4,7-8,10H2,1-2H3. The average molecular weight is 261 g/mol. The van der Waals surface area contributed by atoms with Crippen LogP contribution in [0.15, 0.2) is 18.3 Å². The molecule has 2 rings (SSSR count).